The minimum atomic E-state index is -0.580. The first-order valence-electron chi connectivity index (χ1n) is 25.8. The van der Waals surface area contributed by atoms with Crippen molar-refractivity contribution < 1.29 is 686 Å². The largest absolute Gasteiger partial charge is 0.507 e. The molecule has 0 radical (unpaired) electrons. The van der Waals surface area contributed by atoms with Gasteiger partial charge in [0.05, 0.1) is 23.8 Å². The fourth-order valence-electron chi connectivity index (χ4n) is 8.56. The van der Waals surface area contributed by atoms with Crippen LogP contribution < -0.4 is 33.8 Å². The predicted octanol–water partition coefficient (Wildman–Crippen LogP) is 11.2. The van der Waals surface area contributed by atoms with Crippen LogP contribution in [0.1, 0.15) is 51.8 Å². The summed E-state index contributed by atoms with van der Waals surface area (Å²) in [6, 6.07) is 69.6. The number of phenols is 4. The number of carbonyl (C=O) groups is 5. The molecule has 0 saturated heterocycles. The van der Waals surface area contributed by atoms with Crippen LogP contribution in [0.15, 0.2) is 241 Å². The van der Waals surface area contributed by atoms with Gasteiger partial charge < -0.3 is 29.6 Å². The first kappa shape index (κ1) is 189. The fourth-order valence-corrected chi connectivity index (χ4v) is 8.69. The molecule has 0 bridgehead atoms. The Bertz CT molecular complexity index is 4310. The number of halogens is 1. The van der Waals surface area contributed by atoms with E-state index in [0.29, 0.717) is 44.6 Å². The number of fused-ring (bicyclic) bond motifs is 4. The number of methoxy groups -OCH3 is 1. The SMILES string of the molecule is COC(=O)c1c(O)ccc2ccccc12.NN.NNC(=O)c1c(O)ccc2ccccc12.O=C(Cl)c1ccccc1.O=C(NNC(=O)c1c(O)ccc2ccccc12)c1ccccc1.Oc1ccc2ccccc2c1-c1nnc(-c2ccccc2)o1.[W].[W].[W].[W].[W].[W].[W].[W].[W].[W].[W].[W].[W].[W].[W].[W].[W].[W].[W].[W].[W].[W].[W].[W].[W].[W].[W].[W].[W].[W]. The molecule has 0 spiro atoms. The molecule has 1 heterocycles. The topological polar surface area (TPSA) is 329 Å². The molecule has 11 aromatic carbocycles. The van der Waals surface area contributed by atoms with E-state index in [1.54, 1.807) is 109 Å². The summed E-state index contributed by atoms with van der Waals surface area (Å²) >= 11 is 5.16. The van der Waals surface area contributed by atoms with Gasteiger partial charge in [0.25, 0.3) is 28.9 Å². The molecule has 612 valence electrons. The number of nitrogens with zero attached hydrogens (tertiary/aromatic N) is 2. The van der Waals surface area contributed by atoms with Gasteiger partial charge in [0.2, 0.25) is 5.89 Å². The van der Waals surface area contributed by atoms with Gasteiger partial charge in [-0.05, 0) is 103 Å². The van der Waals surface area contributed by atoms with E-state index >= 15 is 0 Å². The number of hydrazine groups is 3. The zero-order valence-corrected chi connectivity index (χ0v) is 147. The number of hydrogen-bond acceptors (Lipinski definition) is 16. The van der Waals surface area contributed by atoms with Crippen LogP contribution in [0.3, 0.4) is 0 Å². The molecule has 116 heavy (non-hydrogen) atoms. The number of nitrogens with two attached hydrogens (primary N) is 3. The quantitative estimate of drug-likeness (QED) is 0.0233. The number of nitrogens with one attached hydrogen (secondary N) is 3. The number of benzene rings is 11. The molecule has 12 aromatic rings. The van der Waals surface area contributed by atoms with Crippen LogP contribution in [-0.4, -0.2) is 66.7 Å². The fraction of sp³-hybridized carbons (Fsp3) is 0.0152. The number of rotatable bonds is 7. The minimum Gasteiger partial charge on any atom is -0.507 e. The van der Waals surface area contributed by atoms with Crippen molar-refractivity contribution in [3.05, 3.63) is 264 Å². The van der Waals surface area contributed by atoms with Gasteiger partial charge in [-0.1, -0.05) is 188 Å². The molecule has 0 aliphatic carbocycles. The third-order valence-electron chi connectivity index (χ3n) is 12.6. The van der Waals surface area contributed by atoms with Crippen LogP contribution in [0.5, 0.6) is 23.0 Å². The second-order valence-corrected chi connectivity index (χ2v) is 18.2. The Morgan fingerprint density at radius 1 is 0.319 bits per heavy atom. The van der Waals surface area contributed by atoms with E-state index in [9.17, 15) is 44.4 Å². The summed E-state index contributed by atoms with van der Waals surface area (Å²) in [5.41, 5.74) is 9.61. The molecule has 50 heteroatoms. The van der Waals surface area contributed by atoms with Crippen LogP contribution >= 0.6 is 11.6 Å². The number of ether oxygens (including phenoxy) is 1. The molecule has 0 aliphatic rings. The summed E-state index contributed by atoms with van der Waals surface area (Å²) in [5.74, 6) is 11.6. The molecule has 0 saturated carbocycles. The number of amides is 3. The molecule has 0 unspecified atom stereocenters. The summed E-state index contributed by atoms with van der Waals surface area (Å²) in [4.78, 5) is 57.6. The zero-order chi connectivity index (χ0) is 61.5. The van der Waals surface area contributed by atoms with Gasteiger partial charge in [-0.15, -0.1) is 10.2 Å². The molecule has 13 N–H and O–H groups in total. The summed E-state index contributed by atoms with van der Waals surface area (Å²) in [5, 5.41) is 53.7. The van der Waals surface area contributed by atoms with Gasteiger partial charge in [0, 0.05) is 649 Å². The van der Waals surface area contributed by atoms with Gasteiger partial charge in [0.15, 0.2) is 0 Å². The van der Waals surface area contributed by atoms with Crippen LogP contribution in [0, 0.1) is 0 Å². The third-order valence-corrected chi connectivity index (χ3v) is 12.8. The van der Waals surface area contributed by atoms with Gasteiger partial charge >= 0.3 is 5.97 Å². The van der Waals surface area contributed by atoms with E-state index in [-0.39, 0.29) is 672 Å². The van der Waals surface area contributed by atoms with Crippen molar-refractivity contribution in [2.75, 3.05) is 7.11 Å². The number of nitrogen functional groups attached to an aromatic ring is 1. The Morgan fingerprint density at radius 2 is 0.586 bits per heavy atom. The zero-order valence-electron chi connectivity index (χ0n) is 57.9. The van der Waals surface area contributed by atoms with Crippen molar-refractivity contribution in [3.8, 4) is 45.9 Å². The second kappa shape index (κ2) is 106. The first-order chi connectivity index (χ1) is 41.8. The summed E-state index contributed by atoms with van der Waals surface area (Å²) < 4.78 is 10.4. The molecule has 12 rings (SSSR count). The van der Waals surface area contributed by atoms with E-state index < -0.39 is 28.9 Å². The van der Waals surface area contributed by atoms with Crippen LogP contribution in [0.2, 0.25) is 0 Å². The minimum absolute atomic E-state index is 0. The molecular formula is C66H55ClN8O11W30. The molecule has 0 fully saturated rings. The van der Waals surface area contributed by atoms with Gasteiger partial charge in [-0.3, -0.25) is 47.1 Å². The van der Waals surface area contributed by atoms with Crippen molar-refractivity contribution in [1.82, 2.24) is 26.5 Å². The predicted molar refractivity (Wildman–Crippen MR) is 331 cm³/mol. The molecule has 19 nitrogen and oxygen atoms in total. The maximum Gasteiger partial charge on any atom is 0.342 e. The molecule has 0 aliphatic heterocycles. The van der Waals surface area contributed by atoms with Crippen molar-refractivity contribution in [2.24, 2.45) is 17.5 Å². The smallest absolute Gasteiger partial charge is 0.342 e. The standard InChI is InChI=1S/C18H14N2O3.C18H12N2O2.C12H10O3.C11H10N2O2.C7H5ClO.H4N2.30W/c21-15-11-10-12-6-4-5-9-14(12)16(15)18(23)20-19-17(22)13-7-2-1-3-8-13;21-15-11-10-12-6-4-5-9-14(12)16(15)18-20-19-17(22-18)13-7-2-1-3-8-13;1-15-12(14)11-9-5-3-2-4-8(9)6-7-10(11)13;12-13-11(15)10-8-4-2-1-3-7(8)5-6-9(10)14;8-7(9)6-4-2-1-3-5-6;1-2;;;;;;;;;;;;;;;;;;;;;;;;;;;;;;/h1-11,21H,(H,19,22)(H,20,23);1-11,21H;2-7,13H,1H3;1-6,14H,12H2,(H,13,15);1-5H;1-2H2;;;;;;;;;;;;;;;;;;;;;;;;;;;;;;. The number of esters is 1. The van der Waals surface area contributed by atoms with E-state index in [1.807, 2.05) is 115 Å². The summed E-state index contributed by atoms with van der Waals surface area (Å²) in [7, 11) is 1.30. The number of aromatic nitrogens is 2. The number of carbonyl (C=O) groups excluding carboxylic acids is 5. The van der Waals surface area contributed by atoms with Crippen molar-refractivity contribution in [3.63, 3.8) is 0 Å². The Hall–Kier alpha value is 9.17. The normalized spacial score (nSPS) is 7.49. The Kier molecular flexibility index (Phi) is 173. The molecule has 0 atom stereocenters. The molecule has 1 aromatic heterocycles. The number of phenolic OH excluding ortho intramolecular Hbond substituents is 4. The van der Waals surface area contributed by atoms with Crippen LogP contribution in [-0.2, 0) is 637 Å². The van der Waals surface area contributed by atoms with Gasteiger partial charge in [0.1, 0.15) is 28.6 Å². The summed E-state index contributed by atoms with van der Waals surface area (Å²) in [6.07, 6.45) is 0. The monoisotopic (exact) mass is 6690 g/mol. The van der Waals surface area contributed by atoms with Crippen LogP contribution in [0.25, 0.3) is 66.0 Å². The van der Waals surface area contributed by atoms with E-state index in [4.69, 9.17) is 21.9 Å². The Morgan fingerprint density at radius 3 is 0.922 bits per heavy atom. The first-order valence-corrected chi connectivity index (χ1v) is 26.2. The van der Waals surface area contributed by atoms with E-state index in [2.05, 4.69) is 37.5 Å². The second-order valence-electron chi connectivity index (χ2n) is 17.9. The maximum absolute atomic E-state index is 12.3. The van der Waals surface area contributed by atoms with E-state index in [1.165, 1.54) is 25.3 Å². The van der Waals surface area contributed by atoms with Crippen LogP contribution in [0.4, 0.5) is 0 Å². The van der Waals surface area contributed by atoms with Crippen molar-refractivity contribution >= 4 is 83.6 Å². The Balaban J connectivity index is -0.0000000395. The maximum atomic E-state index is 12.3. The van der Waals surface area contributed by atoms with Gasteiger partial charge in [-0.2, -0.15) is 0 Å². The average molecular weight is 6690 g/mol. The number of aromatic hydroxyl groups is 4. The Labute approximate surface area is 1110 Å². The molecule has 3 amide bonds. The van der Waals surface area contributed by atoms with Gasteiger partial charge in [-0.25, -0.2) is 10.6 Å². The van der Waals surface area contributed by atoms with Crippen molar-refractivity contribution in [2.45, 2.75) is 0 Å². The van der Waals surface area contributed by atoms with Crippen molar-refractivity contribution in [1.29, 1.82) is 0 Å². The molecular weight excluding hydrogens is 6630 g/mol. The summed E-state index contributed by atoms with van der Waals surface area (Å²) in [6.45, 7) is 0. The van der Waals surface area contributed by atoms with E-state index in [0.717, 1.165) is 32.5 Å². The average Bonchev–Trinajstić information content (AvgIpc) is 1.52. The third kappa shape index (κ3) is 59.9. The number of hydrogen-bond donors (Lipinski definition) is 10.